The van der Waals surface area contributed by atoms with E-state index in [1.807, 2.05) is 12.1 Å². The van der Waals surface area contributed by atoms with Crippen LogP contribution in [0.25, 0.3) is 0 Å². The van der Waals surface area contributed by atoms with E-state index in [1.165, 1.54) is 31.5 Å². The zero-order valence-corrected chi connectivity index (χ0v) is 16.2. The molecule has 1 aliphatic rings. The minimum Gasteiger partial charge on any atom is -0.492 e. The standard InChI is InChI=1S/C21H28ClN3O/c1-17-3-2-10-25(16-17)11-12-26-20-7-4-18(5-8-20)13-23-14-19-6-9-21(22)24-15-19/h4-9,15,17,23H,2-3,10-14,16H2,1H3/t17-/m1/s1. The van der Waals surface area contributed by atoms with E-state index < -0.39 is 0 Å². The molecule has 1 N–H and O–H groups in total. The van der Waals surface area contributed by atoms with Crippen LogP contribution in [0.4, 0.5) is 0 Å². The molecule has 1 aromatic carbocycles. The summed E-state index contributed by atoms with van der Waals surface area (Å²) in [5, 5.41) is 3.94. The summed E-state index contributed by atoms with van der Waals surface area (Å²) in [6, 6.07) is 12.1. The highest BCUT2D eigenvalue weighted by atomic mass is 35.5. The van der Waals surface area contributed by atoms with Gasteiger partial charge < -0.3 is 10.1 Å². The highest BCUT2D eigenvalue weighted by molar-refractivity contribution is 6.29. The average Bonchev–Trinajstić information content (AvgIpc) is 2.65. The number of likely N-dealkylation sites (tertiary alicyclic amines) is 1. The van der Waals surface area contributed by atoms with Crippen molar-refractivity contribution in [2.24, 2.45) is 5.92 Å². The third-order valence-corrected chi connectivity index (χ3v) is 5.01. The van der Waals surface area contributed by atoms with E-state index >= 15 is 0 Å². The number of ether oxygens (including phenoxy) is 1. The average molecular weight is 374 g/mol. The molecule has 3 rings (SSSR count). The summed E-state index contributed by atoms with van der Waals surface area (Å²) in [5.74, 6) is 1.76. The van der Waals surface area contributed by atoms with E-state index in [-0.39, 0.29) is 0 Å². The van der Waals surface area contributed by atoms with Crippen molar-refractivity contribution in [1.29, 1.82) is 0 Å². The molecule has 1 fully saturated rings. The number of piperidine rings is 1. The number of rotatable bonds is 8. The molecule has 0 radical (unpaired) electrons. The van der Waals surface area contributed by atoms with E-state index in [2.05, 4.69) is 46.4 Å². The zero-order chi connectivity index (χ0) is 18.2. The Kier molecular flexibility index (Phi) is 7.30. The van der Waals surface area contributed by atoms with Gasteiger partial charge in [0.05, 0.1) is 0 Å². The molecule has 2 aromatic rings. The van der Waals surface area contributed by atoms with Crippen LogP contribution in [0.3, 0.4) is 0 Å². The minimum absolute atomic E-state index is 0.527. The molecule has 1 aliphatic heterocycles. The van der Waals surface area contributed by atoms with Crippen molar-refractivity contribution in [3.8, 4) is 5.75 Å². The molecule has 0 saturated carbocycles. The molecule has 1 aromatic heterocycles. The van der Waals surface area contributed by atoms with Crippen LogP contribution in [0.5, 0.6) is 5.75 Å². The Balaban J connectivity index is 1.35. The van der Waals surface area contributed by atoms with Crippen LogP contribution in [0.15, 0.2) is 42.6 Å². The zero-order valence-electron chi connectivity index (χ0n) is 15.5. The Hall–Kier alpha value is -1.62. The van der Waals surface area contributed by atoms with Gasteiger partial charge in [0.15, 0.2) is 0 Å². The maximum Gasteiger partial charge on any atom is 0.129 e. The normalized spacial score (nSPS) is 18.0. The first kappa shape index (κ1) is 19.2. The van der Waals surface area contributed by atoms with Gasteiger partial charge in [-0.1, -0.05) is 36.7 Å². The lowest BCUT2D eigenvalue weighted by atomic mass is 10.0. The molecular formula is C21H28ClN3O. The highest BCUT2D eigenvalue weighted by Crippen LogP contribution is 2.16. The number of nitrogens with one attached hydrogen (secondary N) is 1. The van der Waals surface area contributed by atoms with Gasteiger partial charge in [0.2, 0.25) is 0 Å². The second-order valence-corrected chi connectivity index (χ2v) is 7.52. The fourth-order valence-electron chi connectivity index (χ4n) is 3.35. The van der Waals surface area contributed by atoms with Crippen LogP contribution < -0.4 is 10.1 Å². The summed E-state index contributed by atoms with van der Waals surface area (Å²) in [7, 11) is 0. The SMILES string of the molecule is C[C@@H]1CCCN(CCOc2ccc(CNCc3ccc(Cl)nc3)cc2)C1. The summed E-state index contributed by atoms with van der Waals surface area (Å²) in [6.07, 6.45) is 4.48. The Bertz CT molecular complexity index is 660. The maximum absolute atomic E-state index is 5.90. The molecule has 5 heteroatoms. The largest absolute Gasteiger partial charge is 0.492 e. The number of hydrogen-bond acceptors (Lipinski definition) is 4. The van der Waals surface area contributed by atoms with Crippen molar-refractivity contribution < 1.29 is 4.74 Å². The van der Waals surface area contributed by atoms with E-state index in [0.717, 1.165) is 43.5 Å². The van der Waals surface area contributed by atoms with Crippen molar-refractivity contribution in [3.63, 3.8) is 0 Å². The topological polar surface area (TPSA) is 37.4 Å². The van der Waals surface area contributed by atoms with E-state index in [9.17, 15) is 0 Å². The van der Waals surface area contributed by atoms with Crippen molar-refractivity contribution in [1.82, 2.24) is 15.2 Å². The number of nitrogens with zero attached hydrogens (tertiary/aromatic N) is 2. The number of halogens is 1. The van der Waals surface area contributed by atoms with Crippen LogP contribution in [0, 0.1) is 5.92 Å². The number of hydrogen-bond donors (Lipinski definition) is 1. The quantitative estimate of drug-likeness (QED) is 0.706. The van der Waals surface area contributed by atoms with E-state index in [4.69, 9.17) is 16.3 Å². The lowest BCUT2D eigenvalue weighted by Crippen LogP contribution is -2.37. The first-order valence-electron chi connectivity index (χ1n) is 9.44. The van der Waals surface area contributed by atoms with Gasteiger partial charge in [0, 0.05) is 32.4 Å². The first-order valence-corrected chi connectivity index (χ1v) is 9.82. The summed E-state index contributed by atoms with van der Waals surface area (Å²) in [6.45, 7) is 8.11. The smallest absolute Gasteiger partial charge is 0.129 e. The fraction of sp³-hybridized carbons (Fsp3) is 0.476. The van der Waals surface area contributed by atoms with Gasteiger partial charge in [-0.05, 0) is 54.6 Å². The third kappa shape index (κ3) is 6.27. The molecule has 0 bridgehead atoms. The Morgan fingerprint density at radius 2 is 1.92 bits per heavy atom. The Morgan fingerprint density at radius 3 is 2.65 bits per heavy atom. The number of aromatic nitrogens is 1. The molecule has 0 unspecified atom stereocenters. The molecule has 2 heterocycles. The van der Waals surface area contributed by atoms with Gasteiger partial charge in [0.25, 0.3) is 0 Å². The summed E-state index contributed by atoms with van der Waals surface area (Å²) in [4.78, 5) is 6.60. The third-order valence-electron chi connectivity index (χ3n) is 4.79. The molecular weight excluding hydrogens is 346 g/mol. The summed E-state index contributed by atoms with van der Waals surface area (Å²) < 4.78 is 5.90. The molecule has 0 amide bonds. The van der Waals surface area contributed by atoms with Gasteiger partial charge in [0.1, 0.15) is 17.5 Å². The van der Waals surface area contributed by atoms with Gasteiger partial charge in [-0.25, -0.2) is 4.98 Å². The lowest BCUT2D eigenvalue weighted by molar-refractivity contribution is 0.153. The number of benzene rings is 1. The Labute approximate surface area is 161 Å². The molecule has 4 nitrogen and oxygen atoms in total. The fourth-order valence-corrected chi connectivity index (χ4v) is 3.46. The van der Waals surface area contributed by atoms with E-state index in [1.54, 1.807) is 6.20 Å². The lowest BCUT2D eigenvalue weighted by Gasteiger charge is -2.30. The monoisotopic (exact) mass is 373 g/mol. The summed E-state index contributed by atoms with van der Waals surface area (Å²) >= 11 is 5.80. The first-order chi connectivity index (χ1) is 12.7. The molecule has 0 spiro atoms. The van der Waals surface area contributed by atoms with Crippen LogP contribution in [0.2, 0.25) is 5.15 Å². The van der Waals surface area contributed by atoms with Gasteiger partial charge >= 0.3 is 0 Å². The maximum atomic E-state index is 5.90. The van der Waals surface area contributed by atoms with Crippen LogP contribution in [-0.2, 0) is 13.1 Å². The van der Waals surface area contributed by atoms with E-state index in [0.29, 0.717) is 5.15 Å². The minimum atomic E-state index is 0.527. The van der Waals surface area contributed by atoms with Gasteiger partial charge in [-0.15, -0.1) is 0 Å². The summed E-state index contributed by atoms with van der Waals surface area (Å²) in [5.41, 5.74) is 2.37. The van der Waals surface area contributed by atoms with Crippen LogP contribution in [-0.4, -0.2) is 36.1 Å². The van der Waals surface area contributed by atoms with Crippen molar-refractivity contribution in [3.05, 3.63) is 58.9 Å². The molecule has 0 aliphatic carbocycles. The molecule has 140 valence electrons. The van der Waals surface area contributed by atoms with Crippen molar-refractivity contribution in [2.75, 3.05) is 26.2 Å². The predicted octanol–water partition coefficient (Wildman–Crippen LogP) is 4.14. The van der Waals surface area contributed by atoms with Gasteiger partial charge in [-0.3, -0.25) is 4.90 Å². The molecule has 1 atom stereocenters. The van der Waals surface area contributed by atoms with Crippen molar-refractivity contribution in [2.45, 2.75) is 32.9 Å². The Morgan fingerprint density at radius 1 is 1.15 bits per heavy atom. The molecule has 1 saturated heterocycles. The van der Waals surface area contributed by atoms with Gasteiger partial charge in [-0.2, -0.15) is 0 Å². The van der Waals surface area contributed by atoms with Crippen LogP contribution >= 0.6 is 11.6 Å². The molecule has 26 heavy (non-hydrogen) atoms. The van der Waals surface area contributed by atoms with Crippen molar-refractivity contribution >= 4 is 11.6 Å². The number of pyridine rings is 1. The predicted molar refractivity (Wildman–Crippen MR) is 107 cm³/mol. The van der Waals surface area contributed by atoms with Crippen LogP contribution in [0.1, 0.15) is 30.9 Å². The highest BCUT2D eigenvalue weighted by Gasteiger charge is 2.15. The second-order valence-electron chi connectivity index (χ2n) is 7.13. The second kappa shape index (κ2) is 9.91.